The molecule has 0 saturated heterocycles. The molecular weight excluding hydrogens is 1550 g/mol. The molecule has 0 fully saturated rings. The number of hydrogen-bond donors (Lipinski definition) is 9. The van der Waals surface area contributed by atoms with Crippen LogP contribution in [0.4, 0.5) is 4.39 Å². The number of allylic oxidation sites excluding steroid dienone is 2. The van der Waals surface area contributed by atoms with Crippen molar-refractivity contribution in [2.75, 3.05) is 0 Å². The molecule has 19 nitrogen and oxygen atoms in total. The third-order valence-electron chi connectivity index (χ3n) is 20.0. The Bertz CT molecular complexity index is 6510. The van der Waals surface area contributed by atoms with Gasteiger partial charge in [-0.25, -0.2) is 29.1 Å². The topological polar surface area (TPSA) is 304 Å². The number of fused-ring (bicyclic) bond motifs is 4. The average Bonchev–Trinajstić information content (AvgIpc) is 1.40. The predicted octanol–water partition coefficient (Wildman–Crippen LogP) is 18.8. The second-order valence-corrected chi connectivity index (χ2v) is 34.4. The molecule has 0 radical (unpaired) electrons. The highest BCUT2D eigenvalue weighted by atomic mass is 19.1. The zero-order valence-electron chi connectivity index (χ0n) is 73.8. The van der Waals surface area contributed by atoms with Gasteiger partial charge in [-0.05, 0) is 239 Å². The van der Waals surface area contributed by atoms with E-state index in [1.807, 2.05) is 70.3 Å². The quantitative estimate of drug-likeness (QED) is 0.0514. The predicted molar refractivity (Wildman–Crippen MR) is 498 cm³/mol. The van der Waals surface area contributed by atoms with E-state index >= 15 is 0 Å². The van der Waals surface area contributed by atoms with Crippen molar-refractivity contribution >= 4 is 34.4 Å². The number of nitrogens with two attached hydrogens (primary N) is 1. The summed E-state index contributed by atoms with van der Waals surface area (Å²) < 4.78 is 13.9. The fraction of sp³-hybridized carbons (Fsp3) is 0.288. The molecule has 1 aliphatic heterocycles. The summed E-state index contributed by atoms with van der Waals surface area (Å²) in [6, 6.07) is 44.7. The highest BCUT2D eigenvalue weighted by Crippen LogP contribution is 2.39. The van der Waals surface area contributed by atoms with Crippen LogP contribution in [-0.4, -0.2) is 98.1 Å². The number of hydrogen-bond acceptors (Lipinski definition) is 16. The molecule has 10 N–H and O–H groups in total. The maximum Gasteiger partial charge on any atom is 0.326 e. The Kier molecular flexibility index (Phi) is 28.4. The molecule has 0 atom stereocenters. The number of pyridine rings is 6. The number of halogens is 1. The van der Waals surface area contributed by atoms with Gasteiger partial charge >= 0.3 is 5.69 Å². The normalized spacial score (nSPS) is 12.3. The van der Waals surface area contributed by atoms with Gasteiger partial charge < -0.3 is 36.5 Å². The minimum Gasteiger partial charge on any atom is -0.399 e. The van der Waals surface area contributed by atoms with E-state index in [0.29, 0.717) is 45.5 Å². The minimum atomic E-state index is -1.10. The van der Waals surface area contributed by atoms with Crippen LogP contribution < -0.4 is 22.3 Å². The number of H-pyrrole nitrogens is 3. The van der Waals surface area contributed by atoms with Gasteiger partial charge in [0, 0.05) is 80.6 Å². The lowest BCUT2D eigenvalue weighted by Crippen LogP contribution is -2.22. The van der Waals surface area contributed by atoms with Crippen LogP contribution in [0.25, 0.3) is 101 Å². The highest BCUT2D eigenvalue weighted by Gasteiger charge is 2.25. The Morgan fingerprint density at radius 3 is 1.44 bits per heavy atom. The van der Waals surface area contributed by atoms with Crippen LogP contribution in [0.5, 0.6) is 0 Å². The number of aromatic amines is 3. The monoisotopic (exact) mass is 1650 g/mol. The summed E-state index contributed by atoms with van der Waals surface area (Å²) in [5.41, 5.74) is 28.9. The van der Waals surface area contributed by atoms with E-state index in [4.69, 9.17) is 20.7 Å². The molecule has 0 unspecified atom stereocenters. The molecular formula is C104H108FN13O6. The number of rotatable bonds is 12. The number of nitrogens with one attached hydrogen (secondary N) is 4. The molecule has 12 aromatic rings. The molecule has 0 saturated carbocycles. The molecule has 632 valence electrons. The maximum atomic E-state index is 13.9. The zero-order chi connectivity index (χ0) is 89.9. The number of aliphatic hydroxyl groups is 4. The van der Waals surface area contributed by atoms with Crippen molar-refractivity contribution in [1.29, 1.82) is 0 Å². The first kappa shape index (κ1) is 91.2. The number of nitrogens with zero attached hydrogens (tertiary/aromatic N) is 8. The van der Waals surface area contributed by atoms with Crippen LogP contribution in [0.1, 0.15) is 245 Å². The van der Waals surface area contributed by atoms with Crippen molar-refractivity contribution in [3.05, 3.63) is 294 Å². The minimum absolute atomic E-state index is 0.0906. The number of aromatic nitrogens is 11. The first-order valence-electron chi connectivity index (χ1n) is 41.5. The van der Waals surface area contributed by atoms with Crippen molar-refractivity contribution in [3.8, 4) is 114 Å². The third kappa shape index (κ3) is 23.6. The molecule has 15 rings (SSSR count). The Hall–Kier alpha value is -13.6. The van der Waals surface area contributed by atoms with Gasteiger partial charge in [0.05, 0.1) is 57.0 Å². The molecule has 0 bridgehead atoms. The van der Waals surface area contributed by atoms with Gasteiger partial charge in [-0.2, -0.15) is 15.4 Å². The largest absolute Gasteiger partial charge is 0.399 e. The molecule has 9 heterocycles. The van der Waals surface area contributed by atoms with Crippen LogP contribution in [0, 0.1) is 53.2 Å². The second kappa shape index (κ2) is 38.7. The van der Waals surface area contributed by atoms with E-state index in [1.54, 1.807) is 98.0 Å². The first-order chi connectivity index (χ1) is 58.5. The molecule has 124 heavy (non-hydrogen) atoms. The van der Waals surface area contributed by atoms with Crippen molar-refractivity contribution in [1.82, 2.24) is 60.6 Å². The van der Waals surface area contributed by atoms with Crippen LogP contribution in [0.3, 0.4) is 0 Å². The maximum absolute atomic E-state index is 13.9. The van der Waals surface area contributed by atoms with Gasteiger partial charge in [-0.3, -0.25) is 19.7 Å². The van der Waals surface area contributed by atoms with Crippen molar-refractivity contribution in [2.45, 2.75) is 196 Å². The van der Waals surface area contributed by atoms with E-state index in [9.17, 15) is 34.4 Å². The highest BCUT2D eigenvalue weighted by molar-refractivity contribution is 5.94. The first-order valence-corrected chi connectivity index (χ1v) is 41.5. The average molecular weight is 1660 g/mol. The summed E-state index contributed by atoms with van der Waals surface area (Å²) >= 11 is 0. The summed E-state index contributed by atoms with van der Waals surface area (Å²) in [6.45, 7) is 42.6. The van der Waals surface area contributed by atoms with Crippen LogP contribution in [-0.2, 0) is 19.4 Å². The Morgan fingerprint density at radius 1 is 0.476 bits per heavy atom. The van der Waals surface area contributed by atoms with Crippen LogP contribution in [0.15, 0.2) is 187 Å². The molecule has 2 aliphatic carbocycles. The summed E-state index contributed by atoms with van der Waals surface area (Å²) in [5, 5.41) is 53.5. The third-order valence-corrected chi connectivity index (χ3v) is 20.0. The zero-order valence-corrected chi connectivity index (χ0v) is 73.8. The van der Waals surface area contributed by atoms with E-state index < -0.39 is 39.5 Å². The number of benzene rings is 4. The van der Waals surface area contributed by atoms with Crippen molar-refractivity contribution in [2.24, 2.45) is 5.73 Å². The van der Waals surface area contributed by atoms with Gasteiger partial charge in [0.2, 0.25) is 0 Å². The summed E-state index contributed by atoms with van der Waals surface area (Å²) in [6.07, 6.45) is 14.3. The fourth-order valence-electron chi connectivity index (χ4n) is 14.0. The summed E-state index contributed by atoms with van der Waals surface area (Å²) in [7, 11) is 0. The van der Waals surface area contributed by atoms with Gasteiger partial charge in [0.25, 0.3) is 5.56 Å². The smallest absolute Gasteiger partial charge is 0.326 e. The van der Waals surface area contributed by atoms with E-state index in [-0.39, 0.29) is 29.0 Å². The van der Waals surface area contributed by atoms with E-state index in [2.05, 4.69) is 233 Å². The fourth-order valence-corrected chi connectivity index (χ4v) is 14.0. The van der Waals surface area contributed by atoms with Gasteiger partial charge in [-0.1, -0.05) is 185 Å². The van der Waals surface area contributed by atoms with Crippen LogP contribution in [0.2, 0.25) is 0 Å². The van der Waals surface area contributed by atoms with Crippen molar-refractivity contribution < 1.29 is 24.8 Å². The van der Waals surface area contributed by atoms with Crippen molar-refractivity contribution in [3.63, 3.8) is 0 Å². The lowest BCUT2D eigenvalue weighted by molar-refractivity contribution is 0.143. The Balaban J connectivity index is 0.000000151. The SMILES string of the molecule is C=C(N)c1cc(-c2ccc(C#CC(C)(C)O)nc2C(C)C)ccc1F.C=C1NCc2c1cccc2-c1ccc(C#CC(C)(C)O)nc1C(C)C.CC(C)c1nc(-c2cn[nH]n2)ccc1-c1cnc2c(c1)C=CC2.CC(C)c1nc(C#CC(C)(C)O)ccc1-c1ccc2c(c1)C=CC2.CC(C)c1nc(C#CC(C)(C)O)ccc1-c1cccc2c(=O)[nH]c(=O)[nH]c12. The second-order valence-electron chi connectivity index (χ2n) is 34.4. The standard InChI is InChI=1S/C22H24N2O.C22H23NO.C21H23FN2O.C21H21N3O3.C18H17N5/c1-14(2)21-19(10-9-16(24-21)11-12-22(4,5)25)18-8-6-7-17-15(3)23-13-20(17)18;1-15(2)21-20(11-10-19(23-21)12-13-22(3,4)24)18-9-8-16-6-5-7-17(16)14-18;1-13(2)20-17(8-7-16(24-20)10-11-21(4,5)25)15-6-9-19(22)18(12-15)14(3)23;1-12(2)17-15(9-8-13(22-17)10-11-21(3,4)27)14-6-5-7-16-18(14)23-20(26)24-19(16)25;1-11(2)18-14(6-7-16(21-18)17-10-20-23-22-17)13-8-12-4-3-5-15(12)19-9-13/h6-10,14,23,25H,3,13H2,1-2,4-5H3;5,7-11,14-15,24H,6H2,1-4H3;6-9,12-13,25H,3,23H2,1-2,4-5H3;5-9,12,27H,1-4H3,(H2,23,24,25,26);3-4,6-11H,5H2,1-2H3,(H,20,22,23). The van der Waals surface area contributed by atoms with Gasteiger partial charge in [-0.15, -0.1) is 0 Å². The lowest BCUT2D eigenvalue weighted by atomic mass is 9.92. The molecule has 3 aliphatic rings. The van der Waals surface area contributed by atoms with E-state index in [0.717, 1.165) is 115 Å². The number of para-hydroxylation sites is 1. The molecule has 20 heteroatoms. The molecule has 0 spiro atoms. The van der Waals surface area contributed by atoms with Gasteiger partial charge in [0.15, 0.2) is 0 Å². The van der Waals surface area contributed by atoms with E-state index in [1.165, 1.54) is 45.0 Å². The summed E-state index contributed by atoms with van der Waals surface area (Å²) in [5.74, 6) is 23.6. The lowest BCUT2D eigenvalue weighted by Gasteiger charge is -2.15. The Labute approximate surface area is 726 Å². The Morgan fingerprint density at radius 2 is 0.919 bits per heavy atom. The molecule has 8 aromatic heterocycles. The van der Waals surface area contributed by atoms with Crippen LogP contribution >= 0.6 is 0 Å². The van der Waals surface area contributed by atoms with Gasteiger partial charge in [0.1, 0.15) is 56.7 Å². The molecule has 0 amide bonds. The molecule has 4 aromatic carbocycles. The summed E-state index contributed by atoms with van der Waals surface area (Å²) in [4.78, 5) is 57.0.